The molecule has 0 N–H and O–H groups in total. The van der Waals surface area contributed by atoms with Crippen molar-refractivity contribution in [3.63, 3.8) is 0 Å². The van der Waals surface area contributed by atoms with Crippen molar-refractivity contribution in [1.82, 2.24) is 4.90 Å². The van der Waals surface area contributed by atoms with E-state index in [2.05, 4.69) is 0 Å². The van der Waals surface area contributed by atoms with Crippen molar-refractivity contribution in [2.24, 2.45) is 0 Å². The molecule has 1 aliphatic rings. The highest BCUT2D eigenvalue weighted by atomic mass is 16.5. The van der Waals surface area contributed by atoms with E-state index in [9.17, 15) is 14.4 Å². The number of nitrogens with zero attached hydrogens (tertiary/aromatic N) is 1. The lowest BCUT2D eigenvalue weighted by Gasteiger charge is -2.21. The summed E-state index contributed by atoms with van der Waals surface area (Å²) in [5.74, 6) is -0.581. The lowest BCUT2D eigenvalue weighted by molar-refractivity contribution is -0.149. The predicted molar refractivity (Wildman–Crippen MR) is 95.7 cm³/mol. The summed E-state index contributed by atoms with van der Waals surface area (Å²) in [4.78, 5) is 38.2. The number of rotatable bonds is 6. The molecule has 1 aliphatic heterocycles. The van der Waals surface area contributed by atoms with E-state index in [4.69, 9.17) is 14.2 Å². The molecule has 7 nitrogen and oxygen atoms in total. The van der Waals surface area contributed by atoms with E-state index in [0.29, 0.717) is 28.2 Å². The molecule has 7 heteroatoms. The summed E-state index contributed by atoms with van der Waals surface area (Å²) in [5.41, 5.74) is 1.28. The SMILES string of the molecule is COc1ccc(COC(=O)[C@@H](C)N2C(=O)c3ccccc3C2=O)cc1OC. The molecule has 2 aromatic rings. The van der Waals surface area contributed by atoms with Gasteiger partial charge in [-0.15, -0.1) is 0 Å². The fourth-order valence-electron chi connectivity index (χ4n) is 2.91. The van der Waals surface area contributed by atoms with Crippen LogP contribution in [-0.2, 0) is 16.1 Å². The van der Waals surface area contributed by atoms with Crippen molar-refractivity contribution in [3.8, 4) is 11.5 Å². The van der Waals surface area contributed by atoms with Gasteiger partial charge in [0.25, 0.3) is 11.8 Å². The standard InChI is InChI=1S/C20H19NO6/c1-12(21-18(22)14-6-4-5-7-15(14)19(21)23)20(24)27-11-13-8-9-16(25-2)17(10-13)26-3/h4-10,12H,11H2,1-3H3/t12-/m1/s1. The third kappa shape index (κ3) is 3.36. The van der Waals surface area contributed by atoms with Gasteiger partial charge in [0.05, 0.1) is 25.3 Å². The first-order chi connectivity index (χ1) is 13.0. The number of ether oxygens (including phenoxy) is 3. The van der Waals surface area contributed by atoms with Crippen LogP contribution in [-0.4, -0.2) is 42.9 Å². The summed E-state index contributed by atoms with van der Waals surface area (Å²) in [6.45, 7) is 1.45. The Balaban J connectivity index is 1.69. The number of carbonyl (C=O) groups is 3. The second-order valence-corrected chi connectivity index (χ2v) is 6.00. The molecule has 0 bridgehead atoms. The maximum absolute atomic E-state index is 12.4. The lowest BCUT2D eigenvalue weighted by atomic mass is 10.1. The van der Waals surface area contributed by atoms with E-state index in [1.165, 1.54) is 21.1 Å². The van der Waals surface area contributed by atoms with Gasteiger partial charge in [0, 0.05) is 0 Å². The highest BCUT2D eigenvalue weighted by Crippen LogP contribution is 2.28. The van der Waals surface area contributed by atoms with Gasteiger partial charge in [-0.3, -0.25) is 14.5 Å². The minimum atomic E-state index is -1.03. The minimum absolute atomic E-state index is 0.0211. The Labute approximate surface area is 156 Å². The number of benzene rings is 2. The zero-order valence-corrected chi connectivity index (χ0v) is 15.2. The molecule has 2 aromatic carbocycles. The van der Waals surface area contributed by atoms with Crippen LogP contribution in [0.1, 0.15) is 33.2 Å². The van der Waals surface area contributed by atoms with Gasteiger partial charge in [-0.2, -0.15) is 0 Å². The molecular weight excluding hydrogens is 350 g/mol. The number of imide groups is 1. The number of carbonyl (C=O) groups excluding carboxylic acids is 3. The van der Waals surface area contributed by atoms with E-state index in [0.717, 1.165) is 4.90 Å². The van der Waals surface area contributed by atoms with Crippen LogP contribution in [0.15, 0.2) is 42.5 Å². The number of amides is 2. The smallest absolute Gasteiger partial charge is 0.329 e. The van der Waals surface area contributed by atoms with Crippen LogP contribution in [0.4, 0.5) is 0 Å². The van der Waals surface area contributed by atoms with E-state index in [1.807, 2.05) is 0 Å². The first kappa shape index (κ1) is 18.4. The average Bonchev–Trinajstić information content (AvgIpc) is 2.96. The Kier molecular flexibility index (Phi) is 5.12. The molecule has 0 radical (unpaired) electrons. The molecule has 0 aliphatic carbocycles. The zero-order valence-electron chi connectivity index (χ0n) is 15.2. The Morgan fingerprint density at radius 2 is 1.56 bits per heavy atom. The lowest BCUT2D eigenvalue weighted by Crippen LogP contribution is -2.43. The molecule has 2 amide bonds. The molecule has 0 spiro atoms. The summed E-state index contributed by atoms with van der Waals surface area (Å²) in [5, 5.41) is 0. The fraction of sp³-hybridized carbons (Fsp3) is 0.250. The number of methoxy groups -OCH3 is 2. The molecule has 0 saturated heterocycles. The third-order valence-corrected chi connectivity index (χ3v) is 4.38. The van der Waals surface area contributed by atoms with Crippen molar-refractivity contribution < 1.29 is 28.6 Å². The van der Waals surface area contributed by atoms with E-state index in [-0.39, 0.29) is 6.61 Å². The van der Waals surface area contributed by atoms with Crippen LogP contribution in [0.5, 0.6) is 11.5 Å². The van der Waals surface area contributed by atoms with Gasteiger partial charge in [0.1, 0.15) is 12.6 Å². The van der Waals surface area contributed by atoms with Crippen molar-refractivity contribution in [2.75, 3.05) is 14.2 Å². The predicted octanol–water partition coefficient (Wildman–Crippen LogP) is 2.43. The molecule has 3 rings (SSSR count). The molecule has 27 heavy (non-hydrogen) atoms. The summed E-state index contributed by atoms with van der Waals surface area (Å²) in [6, 6.07) is 10.6. The zero-order chi connectivity index (χ0) is 19.6. The Hall–Kier alpha value is -3.35. The summed E-state index contributed by atoms with van der Waals surface area (Å²) in [7, 11) is 3.04. The first-order valence-corrected chi connectivity index (χ1v) is 8.32. The first-order valence-electron chi connectivity index (χ1n) is 8.32. The molecule has 0 unspecified atom stereocenters. The summed E-state index contributed by atoms with van der Waals surface area (Å²) in [6.07, 6.45) is 0. The van der Waals surface area contributed by atoms with Gasteiger partial charge < -0.3 is 14.2 Å². The van der Waals surface area contributed by atoms with E-state index >= 15 is 0 Å². The molecule has 0 saturated carbocycles. The molecule has 1 heterocycles. The Bertz CT molecular complexity index is 872. The second kappa shape index (κ2) is 7.49. The highest BCUT2D eigenvalue weighted by molar-refractivity contribution is 6.22. The van der Waals surface area contributed by atoms with Gasteiger partial charge in [0.2, 0.25) is 0 Å². The normalized spacial score (nSPS) is 14.0. The molecule has 0 aromatic heterocycles. The number of hydrogen-bond donors (Lipinski definition) is 0. The monoisotopic (exact) mass is 369 g/mol. The number of hydrogen-bond acceptors (Lipinski definition) is 6. The Morgan fingerprint density at radius 3 is 2.11 bits per heavy atom. The maximum Gasteiger partial charge on any atom is 0.329 e. The minimum Gasteiger partial charge on any atom is -0.493 e. The quantitative estimate of drug-likeness (QED) is 0.575. The van der Waals surface area contributed by atoms with Gasteiger partial charge in [-0.1, -0.05) is 18.2 Å². The largest absolute Gasteiger partial charge is 0.493 e. The summed E-state index contributed by atoms with van der Waals surface area (Å²) >= 11 is 0. The number of fused-ring (bicyclic) bond motifs is 1. The van der Waals surface area contributed by atoms with Gasteiger partial charge in [0.15, 0.2) is 11.5 Å². The van der Waals surface area contributed by atoms with Crippen molar-refractivity contribution >= 4 is 17.8 Å². The maximum atomic E-state index is 12.4. The van der Waals surface area contributed by atoms with Crippen molar-refractivity contribution in [1.29, 1.82) is 0 Å². The van der Waals surface area contributed by atoms with Crippen LogP contribution in [0, 0.1) is 0 Å². The van der Waals surface area contributed by atoms with Gasteiger partial charge in [-0.05, 0) is 36.8 Å². The molecule has 1 atom stereocenters. The van der Waals surface area contributed by atoms with Crippen LogP contribution < -0.4 is 9.47 Å². The molecule has 0 fully saturated rings. The fourth-order valence-corrected chi connectivity index (χ4v) is 2.91. The van der Waals surface area contributed by atoms with E-state index < -0.39 is 23.8 Å². The van der Waals surface area contributed by atoms with Crippen molar-refractivity contribution in [3.05, 3.63) is 59.2 Å². The average molecular weight is 369 g/mol. The van der Waals surface area contributed by atoms with E-state index in [1.54, 1.807) is 42.5 Å². The van der Waals surface area contributed by atoms with Crippen molar-refractivity contribution in [2.45, 2.75) is 19.6 Å². The molecular formula is C20H19NO6. The molecule has 140 valence electrons. The van der Waals surface area contributed by atoms with Crippen LogP contribution in [0.3, 0.4) is 0 Å². The second-order valence-electron chi connectivity index (χ2n) is 6.00. The van der Waals surface area contributed by atoms with Gasteiger partial charge >= 0.3 is 5.97 Å². The highest BCUT2D eigenvalue weighted by Gasteiger charge is 2.41. The third-order valence-electron chi connectivity index (χ3n) is 4.38. The van der Waals surface area contributed by atoms with Crippen LogP contribution in [0.2, 0.25) is 0 Å². The van der Waals surface area contributed by atoms with Gasteiger partial charge in [-0.25, -0.2) is 4.79 Å². The topological polar surface area (TPSA) is 82.1 Å². The van der Waals surface area contributed by atoms with Crippen LogP contribution >= 0.6 is 0 Å². The Morgan fingerprint density at radius 1 is 0.963 bits per heavy atom. The summed E-state index contributed by atoms with van der Waals surface area (Å²) < 4.78 is 15.7. The number of esters is 1. The van der Waals surface area contributed by atoms with Crippen LogP contribution in [0.25, 0.3) is 0 Å².